The highest BCUT2D eigenvalue weighted by atomic mass is 16.5. The van der Waals surface area contributed by atoms with Crippen LogP contribution >= 0.6 is 0 Å². The molecule has 96 valence electrons. The summed E-state index contributed by atoms with van der Waals surface area (Å²) < 4.78 is 4.92. The van der Waals surface area contributed by atoms with Crippen LogP contribution in [0.1, 0.15) is 25.2 Å². The summed E-state index contributed by atoms with van der Waals surface area (Å²) in [4.78, 5) is 4.23. The average molecular weight is 242 g/mol. The summed E-state index contributed by atoms with van der Waals surface area (Å²) in [5.41, 5.74) is 2.48. The van der Waals surface area contributed by atoms with Gasteiger partial charge >= 0.3 is 0 Å². The first-order chi connectivity index (χ1) is 8.27. The Morgan fingerprint density at radius 1 is 1.65 bits per heavy atom. The maximum Gasteiger partial charge on any atom is 0.206 e. The molecule has 0 amide bonds. The van der Waals surface area contributed by atoms with Gasteiger partial charge in [0.1, 0.15) is 0 Å². The number of hydrogen-bond acceptors (Lipinski definition) is 6. The van der Waals surface area contributed by atoms with Crippen LogP contribution < -0.4 is 16.6 Å². The molecule has 0 aromatic carbocycles. The first-order valence-corrected chi connectivity index (χ1v) is 5.27. The Bertz CT molecular complexity index is 324. The van der Waals surface area contributed by atoms with E-state index in [-0.39, 0.29) is 6.04 Å². The van der Waals surface area contributed by atoms with Crippen LogP contribution in [0, 0.1) is 0 Å². The molecule has 0 aliphatic rings. The number of aromatic amines is 1. The van der Waals surface area contributed by atoms with Gasteiger partial charge in [0.2, 0.25) is 5.96 Å². The number of hydrazine groups is 1. The van der Waals surface area contributed by atoms with E-state index in [0.717, 1.165) is 6.42 Å². The summed E-state index contributed by atoms with van der Waals surface area (Å²) in [5.74, 6) is 6.38. The van der Waals surface area contributed by atoms with E-state index < -0.39 is 0 Å². The van der Waals surface area contributed by atoms with Crippen LogP contribution in [0.3, 0.4) is 0 Å². The zero-order chi connectivity index (χ0) is 12.5. The molecule has 0 bridgehead atoms. The van der Waals surface area contributed by atoms with Crippen LogP contribution in [-0.2, 0) is 4.74 Å². The summed E-state index contributed by atoms with van der Waals surface area (Å²) in [6.45, 7) is 3.17. The van der Waals surface area contributed by atoms with Crippen molar-refractivity contribution in [1.29, 1.82) is 0 Å². The number of rotatable bonds is 6. The summed E-state index contributed by atoms with van der Waals surface area (Å²) >= 11 is 0. The maximum atomic E-state index is 5.35. The average Bonchev–Trinajstić information content (AvgIpc) is 2.86. The molecular weight excluding hydrogens is 224 g/mol. The lowest BCUT2D eigenvalue weighted by molar-refractivity contribution is 0.197. The molecule has 5 N–H and O–H groups in total. The van der Waals surface area contributed by atoms with E-state index in [0.29, 0.717) is 24.9 Å². The van der Waals surface area contributed by atoms with Crippen LogP contribution in [0.4, 0.5) is 0 Å². The van der Waals surface area contributed by atoms with Crippen molar-refractivity contribution < 1.29 is 4.74 Å². The summed E-state index contributed by atoms with van der Waals surface area (Å²) in [7, 11) is 1.66. The Balaban J connectivity index is 2.40. The third kappa shape index (κ3) is 4.74. The molecule has 1 aromatic heterocycles. The van der Waals surface area contributed by atoms with Gasteiger partial charge < -0.3 is 10.1 Å². The SMILES string of the molecule is COCCCN=C(NN)NC(C)c1nn[nH]n1. The lowest BCUT2D eigenvalue weighted by atomic mass is 10.3. The number of guanidine groups is 1. The van der Waals surface area contributed by atoms with Gasteiger partial charge in [-0.05, 0) is 13.3 Å². The van der Waals surface area contributed by atoms with Gasteiger partial charge in [-0.3, -0.25) is 10.4 Å². The molecule has 9 nitrogen and oxygen atoms in total. The van der Waals surface area contributed by atoms with Crippen molar-refractivity contribution >= 4 is 5.96 Å². The highest BCUT2D eigenvalue weighted by Crippen LogP contribution is 2.02. The van der Waals surface area contributed by atoms with Gasteiger partial charge in [-0.25, -0.2) is 5.84 Å². The molecule has 1 unspecified atom stereocenters. The molecule has 9 heteroatoms. The topological polar surface area (TPSA) is 126 Å². The minimum atomic E-state index is -0.133. The molecule has 0 aliphatic heterocycles. The number of hydrogen-bond donors (Lipinski definition) is 4. The molecule has 1 rings (SSSR count). The fraction of sp³-hybridized carbons (Fsp3) is 0.750. The molecule has 1 atom stereocenters. The minimum absolute atomic E-state index is 0.133. The first kappa shape index (κ1) is 13.3. The minimum Gasteiger partial charge on any atom is -0.385 e. The summed E-state index contributed by atoms with van der Waals surface area (Å²) in [5, 5.41) is 16.6. The smallest absolute Gasteiger partial charge is 0.206 e. The molecule has 1 aromatic rings. The number of H-pyrrole nitrogens is 1. The molecule has 0 fully saturated rings. The van der Waals surface area contributed by atoms with Crippen LogP contribution in [0.15, 0.2) is 4.99 Å². The third-order valence-corrected chi connectivity index (χ3v) is 2.02. The van der Waals surface area contributed by atoms with Gasteiger partial charge in [0.25, 0.3) is 0 Å². The number of aromatic nitrogens is 4. The van der Waals surface area contributed by atoms with Crippen molar-refractivity contribution in [3.8, 4) is 0 Å². The zero-order valence-electron chi connectivity index (χ0n) is 9.97. The van der Waals surface area contributed by atoms with Crippen molar-refractivity contribution in [3.05, 3.63) is 5.82 Å². The molecule has 0 spiro atoms. The van der Waals surface area contributed by atoms with E-state index in [1.807, 2.05) is 6.92 Å². The number of methoxy groups -OCH3 is 1. The highest BCUT2D eigenvalue weighted by Gasteiger charge is 2.11. The summed E-state index contributed by atoms with van der Waals surface area (Å²) in [6, 6.07) is -0.133. The second kappa shape index (κ2) is 7.52. The number of aliphatic imine (C=N–C) groups is 1. The van der Waals surface area contributed by atoms with E-state index in [2.05, 4.69) is 36.4 Å². The predicted molar refractivity (Wildman–Crippen MR) is 61.8 cm³/mol. The van der Waals surface area contributed by atoms with Crippen LogP contribution in [0.25, 0.3) is 0 Å². The number of ether oxygens (including phenoxy) is 1. The van der Waals surface area contributed by atoms with Crippen LogP contribution in [0.2, 0.25) is 0 Å². The van der Waals surface area contributed by atoms with Gasteiger partial charge in [0.05, 0.1) is 6.04 Å². The zero-order valence-corrected chi connectivity index (χ0v) is 9.97. The molecule has 0 aliphatic carbocycles. The van der Waals surface area contributed by atoms with Crippen molar-refractivity contribution in [2.45, 2.75) is 19.4 Å². The van der Waals surface area contributed by atoms with E-state index in [1.54, 1.807) is 7.11 Å². The molecule has 17 heavy (non-hydrogen) atoms. The largest absolute Gasteiger partial charge is 0.385 e. The second-order valence-electron chi connectivity index (χ2n) is 3.36. The Hall–Kier alpha value is -1.74. The van der Waals surface area contributed by atoms with Crippen molar-refractivity contribution in [3.63, 3.8) is 0 Å². The highest BCUT2D eigenvalue weighted by molar-refractivity contribution is 5.79. The lowest BCUT2D eigenvalue weighted by Gasteiger charge is -2.13. The second-order valence-corrected chi connectivity index (χ2v) is 3.36. The van der Waals surface area contributed by atoms with Crippen molar-refractivity contribution in [2.75, 3.05) is 20.3 Å². The predicted octanol–water partition coefficient (Wildman–Crippen LogP) is -1.29. The molecule has 0 radical (unpaired) electrons. The molecular formula is C8H18N8O. The normalized spacial score (nSPS) is 13.5. The van der Waals surface area contributed by atoms with Crippen LogP contribution in [-0.4, -0.2) is 46.8 Å². The van der Waals surface area contributed by atoms with E-state index in [1.165, 1.54) is 0 Å². The van der Waals surface area contributed by atoms with E-state index in [9.17, 15) is 0 Å². The fourth-order valence-electron chi connectivity index (χ4n) is 1.16. The fourth-order valence-corrected chi connectivity index (χ4v) is 1.16. The maximum absolute atomic E-state index is 5.35. The number of nitrogens with two attached hydrogens (primary N) is 1. The Kier molecular flexibility index (Phi) is 5.89. The summed E-state index contributed by atoms with van der Waals surface area (Å²) in [6.07, 6.45) is 0.833. The monoisotopic (exact) mass is 242 g/mol. The first-order valence-electron chi connectivity index (χ1n) is 5.27. The van der Waals surface area contributed by atoms with Crippen molar-refractivity contribution in [2.24, 2.45) is 10.8 Å². The number of nitrogens with one attached hydrogen (secondary N) is 3. The van der Waals surface area contributed by atoms with E-state index in [4.69, 9.17) is 10.6 Å². The van der Waals surface area contributed by atoms with Gasteiger partial charge in [-0.2, -0.15) is 5.21 Å². The van der Waals surface area contributed by atoms with Gasteiger partial charge in [0, 0.05) is 20.3 Å². The standard InChI is InChI=1S/C8H18N8O/c1-6(7-13-15-16-14-7)11-8(12-9)10-4-3-5-17-2/h6H,3-5,9H2,1-2H3,(H2,10,11,12)(H,13,14,15,16). The number of tetrazole rings is 1. The molecule has 1 heterocycles. The Labute approximate surface area is 99.2 Å². The van der Waals surface area contributed by atoms with E-state index >= 15 is 0 Å². The van der Waals surface area contributed by atoms with Crippen molar-refractivity contribution in [1.82, 2.24) is 31.4 Å². The van der Waals surface area contributed by atoms with Gasteiger partial charge in [-0.1, -0.05) is 5.21 Å². The molecule has 0 saturated carbocycles. The van der Waals surface area contributed by atoms with Crippen LogP contribution in [0.5, 0.6) is 0 Å². The third-order valence-electron chi connectivity index (χ3n) is 2.02. The van der Waals surface area contributed by atoms with Gasteiger partial charge in [-0.15, -0.1) is 10.2 Å². The number of nitrogens with zero attached hydrogens (tertiary/aromatic N) is 4. The molecule has 0 saturated heterocycles. The Morgan fingerprint density at radius 2 is 2.47 bits per heavy atom. The lowest BCUT2D eigenvalue weighted by Crippen LogP contribution is -2.43. The Morgan fingerprint density at radius 3 is 3.06 bits per heavy atom. The van der Waals surface area contributed by atoms with Gasteiger partial charge in [0.15, 0.2) is 5.82 Å². The quantitative estimate of drug-likeness (QED) is 0.161.